The minimum atomic E-state index is -3.49. The molecule has 2 rings (SSSR count). The normalized spacial score (nSPS) is 14.8. The van der Waals surface area contributed by atoms with Gasteiger partial charge >= 0.3 is 0 Å². The first-order chi connectivity index (χ1) is 9.12. The lowest BCUT2D eigenvalue weighted by atomic mass is 10.3. The molecule has 3 N–H and O–H groups in total. The van der Waals surface area contributed by atoms with Crippen molar-refractivity contribution >= 4 is 10.0 Å². The van der Waals surface area contributed by atoms with Crippen LogP contribution in [0.5, 0.6) is 0 Å². The van der Waals surface area contributed by atoms with Gasteiger partial charge in [-0.3, -0.25) is 4.98 Å². The number of rotatable bonds is 5. The van der Waals surface area contributed by atoms with Gasteiger partial charge in [-0.2, -0.15) is 0 Å². The number of sulfonamides is 1. The third kappa shape index (κ3) is 4.31. The minimum absolute atomic E-state index is 0.145. The lowest BCUT2D eigenvalue weighted by Gasteiger charge is -2.06. The van der Waals surface area contributed by atoms with E-state index in [9.17, 15) is 8.42 Å². The third-order valence-electron chi connectivity index (χ3n) is 2.90. The molecule has 19 heavy (non-hydrogen) atoms. The first kappa shape index (κ1) is 14.0. The average molecular weight is 279 g/mol. The molecule has 0 unspecified atom stereocenters. The summed E-state index contributed by atoms with van der Waals surface area (Å²) >= 11 is 0. The number of nitrogens with one attached hydrogen (secondary N) is 1. The summed E-state index contributed by atoms with van der Waals surface area (Å²) in [7, 11) is -3.49. The summed E-state index contributed by atoms with van der Waals surface area (Å²) < 4.78 is 26.7. The molecule has 0 saturated heterocycles. The summed E-state index contributed by atoms with van der Waals surface area (Å²) in [6.07, 6.45) is 6.18. The number of nitrogens with zero attached hydrogens (tertiary/aromatic N) is 1. The molecule has 0 atom stereocenters. The van der Waals surface area contributed by atoms with Gasteiger partial charge in [0, 0.05) is 24.5 Å². The molecule has 0 bridgehead atoms. The Hall–Kier alpha value is -1.42. The van der Waals surface area contributed by atoms with Crippen LogP contribution in [0.2, 0.25) is 0 Å². The van der Waals surface area contributed by atoms with E-state index >= 15 is 0 Å². The molecule has 1 heterocycles. The van der Waals surface area contributed by atoms with Crippen LogP contribution in [0, 0.1) is 17.8 Å². The molecule has 1 aliphatic carbocycles. The summed E-state index contributed by atoms with van der Waals surface area (Å²) in [5.74, 6) is 6.14. The molecule has 102 valence electrons. The zero-order chi connectivity index (χ0) is 13.7. The number of aromatic nitrogens is 1. The molecule has 6 heteroatoms. The van der Waals surface area contributed by atoms with Gasteiger partial charge in [0.2, 0.25) is 10.0 Å². The Bertz CT molecular complexity index is 598. The minimum Gasteiger partial charge on any atom is -0.320 e. The van der Waals surface area contributed by atoms with E-state index in [0.717, 1.165) is 6.42 Å². The van der Waals surface area contributed by atoms with Crippen molar-refractivity contribution in [3.05, 3.63) is 24.0 Å². The van der Waals surface area contributed by atoms with Crippen molar-refractivity contribution in [3.63, 3.8) is 0 Å². The Morgan fingerprint density at radius 2 is 2.21 bits per heavy atom. The third-order valence-corrected chi connectivity index (χ3v) is 4.33. The van der Waals surface area contributed by atoms with Crippen LogP contribution in [0.15, 0.2) is 23.4 Å². The largest absolute Gasteiger partial charge is 0.320 e. The molecule has 0 radical (unpaired) electrons. The fourth-order valence-electron chi connectivity index (χ4n) is 1.67. The maximum Gasteiger partial charge on any atom is 0.242 e. The highest BCUT2D eigenvalue weighted by molar-refractivity contribution is 7.89. The topological polar surface area (TPSA) is 85.1 Å². The highest BCUT2D eigenvalue weighted by Gasteiger charge is 2.22. The van der Waals surface area contributed by atoms with Crippen LogP contribution < -0.4 is 10.5 Å². The van der Waals surface area contributed by atoms with Crippen molar-refractivity contribution in [1.82, 2.24) is 9.71 Å². The van der Waals surface area contributed by atoms with Crippen LogP contribution in [0.4, 0.5) is 0 Å². The van der Waals surface area contributed by atoms with Crippen LogP contribution in [0.1, 0.15) is 24.8 Å². The molecule has 0 amide bonds. The number of hydrogen-bond acceptors (Lipinski definition) is 4. The Kier molecular flexibility index (Phi) is 4.53. The smallest absolute Gasteiger partial charge is 0.242 e. The van der Waals surface area contributed by atoms with E-state index in [4.69, 9.17) is 5.73 Å². The molecule has 5 nitrogen and oxygen atoms in total. The van der Waals surface area contributed by atoms with E-state index in [1.165, 1.54) is 31.3 Å². The molecule has 1 saturated carbocycles. The summed E-state index contributed by atoms with van der Waals surface area (Å²) in [6, 6.07) is 1.51. The van der Waals surface area contributed by atoms with E-state index in [1.807, 2.05) is 0 Å². The van der Waals surface area contributed by atoms with E-state index in [0.29, 0.717) is 18.0 Å². The van der Waals surface area contributed by atoms with E-state index < -0.39 is 10.0 Å². The maximum atomic E-state index is 12.0. The molecular weight excluding hydrogens is 262 g/mol. The van der Waals surface area contributed by atoms with Crippen molar-refractivity contribution in [2.24, 2.45) is 11.7 Å². The first-order valence-corrected chi connectivity index (χ1v) is 7.74. The van der Waals surface area contributed by atoms with E-state index in [-0.39, 0.29) is 11.4 Å². The Balaban J connectivity index is 2.05. The van der Waals surface area contributed by atoms with Gasteiger partial charge in [0.05, 0.1) is 6.54 Å². The van der Waals surface area contributed by atoms with Crippen molar-refractivity contribution in [3.8, 4) is 11.8 Å². The zero-order valence-electron chi connectivity index (χ0n) is 10.6. The number of hydrogen-bond donors (Lipinski definition) is 2. The second kappa shape index (κ2) is 6.15. The Morgan fingerprint density at radius 1 is 1.42 bits per heavy atom. The molecule has 1 aromatic heterocycles. The summed E-state index contributed by atoms with van der Waals surface area (Å²) in [5, 5.41) is 0. The fraction of sp³-hybridized carbons (Fsp3) is 0.462. The number of nitrogens with two attached hydrogens (primary N) is 1. The maximum absolute atomic E-state index is 12.0. The molecule has 0 aromatic carbocycles. The van der Waals surface area contributed by atoms with Gasteiger partial charge < -0.3 is 5.73 Å². The van der Waals surface area contributed by atoms with Crippen LogP contribution >= 0.6 is 0 Å². The van der Waals surface area contributed by atoms with Crippen LogP contribution in [-0.2, 0) is 10.0 Å². The monoisotopic (exact) mass is 279 g/mol. The van der Waals surface area contributed by atoms with Gasteiger partial charge in [-0.25, -0.2) is 13.1 Å². The van der Waals surface area contributed by atoms with Gasteiger partial charge in [0.25, 0.3) is 0 Å². The van der Waals surface area contributed by atoms with Crippen molar-refractivity contribution in [2.75, 3.05) is 13.1 Å². The zero-order valence-corrected chi connectivity index (χ0v) is 11.4. The molecule has 1 fully saturated rings. The lowest BCUT2D eigenvalue weighted by molar-refractivity contribution is 0.575. The molecule has 0 spiro atoms. The van der Waals surface area contributed by atoms with Gasteiger partial charge in [-0.1, -0.05) is 24.7 Å². The SMILES string of the molecule is NCC#Cc1cncc(S(=O)(=O)NCCC2CC2)c1. The predicted octanol–water partition coefficient (Wildman–Crippen LogP) is 0.470. The van der Waals surface area contributed by atoms with E-state index in [1.54, 1.807) is 0 Å². The first-order valence-electron chi connectivity index (χ1n) is 6.25. The van der Waals surface area contributed by atoms with Gasteiger partial charge in [-0.15, -0.1) is 0 Å². The van der Waals surface area contributed by atoms with Crippen LogP contribution in [0.3, 0.4) is 0 Å². The quantitative estimate of drug-likeness (QED) is 0.767. The molecule has 1 aliphatic rings. The number of pyridine rings is 1. The molecular formula is C13H17N3O2S. The van der Waals surface area contributed by atoms with E-state index in [2.05, 4.69) is 21.5 Å². The van der Waals surface area contributed by atoms with Crippen molar-refractivity contribution in [1.29, 1.82) is 0 Å². The fourth-order valence-corrected chi connectivity index (χ4v) is 2.71. The molecule has 1 aromatic rings. The van der Waals surface area contributed by atoms with Gasteiger partial charge in [0.15, 0.2) is 0 Å². The summed E-state index contributed by atoms with van der Waals surface area (Å²) in [5.41, 5.74) is 5.83. The average Bonchev–Trinajstić information content (AvgIpc) is 3.21. The second-order valence-corrected chi connectivity index (χ2v) is 6.31. The lowest BCUT2D eigenvalue weighted by Crippen LogP contribution is -2.25. The Morgan fingerprint density at radius 3 is 2.89 bits per heavy atom. The van der Waals surface area contributed by atoms with Crippen LogP contribution in [0.25, 0.3) is 0 Å². The highest BCUT2D eigenvalue weighted by atomic mass is 32.2. The standard InChI is InChI=1S/C13H17N3O2S/c14-6-1-2-12-8-13(10-15-9-12)19(17,18)16-7-5-11-3-4-11/h8-11,16H,3-7,14H2. The summed E-state index contributed by atoms with van der Waals surface area (Å²) in [4.78, 5) is 4.04. The van der Waals surface area contributed by atoms with Gasteiger partial charge in [0.1, 0.15) is 4.90 Å². The predicted molar refractivity (Wildman–Crippen MR) is 72.7 cm³/mol. The van der Waals surface area contributed by atoms with Gasteiger partial charge in [-0.05, 0) is 18.4 Å². The highest BCUT2D eigenvalue weighted by Crippen LogP contribution is 2.31. The Labute approximate surface area is 113 Å². The van der Waals surface area contributed by atoms with Crippen molar-refractivity contribution < 1.29 is 8.42 Å². The van der Waals surface area contributed by atoms with Crippen LogP contribution in [-0.4, -0.2) is 26.5 Å². The second-order valence-electron chi connectivity index (χ2n) is 4.55. The molecule has 0 aliphatic heterocycles. The van der Waals surface area contributed by atoms with Crippen molar-refractivity contribution in [2.45, 2.75) is 24.2 Å². The summed E-state index contributed by atoms with van der Waals surface area (Å²) in [6.45, 7) is 0.711.